The molecule has 2 heterocycles. The van der Waals surface area contributed by atoms with Gasteiger partial charge in [0.25, 0.3) is 0 Å². The summed E-state index contributed by atoms with van der Waals surface area (Å²) < 4.78 is 5.22. The van der Waals surface area contributed by atoms with Crippen molar-refractivity contribution in [2.75, 3.05) is 11.9 Å². The van der Waals surface area contributed by atoms with Crippen LogP contribution in [0.3, 0.4) is 0 Å². The highest BCUT2D eigenvalue weighted by Crippen LogP contribution is 2.42. The molecule has 0 spiro atoms. The zero-order valence-corrected chi connectivity index (χ0v) is 14.9. The molecule has 126 valence electrons. The zero-order valence-electron chi connectivity index (χ0n) is 13.4. The standard InChI is InChI=1S/C17H17Cl2N3O2/c1-3-4-5-24-13(23)7-10-6-9(2)20-16-14(10)12(18)8-11-15(16)21-22-17(11)19/h6-8,20H,3-5H2,1-2H3,(H,21,22)/b10-7+. The molecule has 3 rings (SSSR count). The van der Waals surface area contributed by atoms with Gasteiger partial charge in [0.2, 0.25) is 0 Å². The van der Waals surface area contributed by atoms with E-state index in [-0.39, 0.29) is 5.97 Å². The molecule has 1 aliphatic rings. The van der Waals surface area contributed by atoms with Crippen LogP contribution >= 0.6 is 23.2 Å². The maximum absolute atomic E-state index is 12.0. The fourth-order valence-electron chi connectivity index (χ4n) is 2.63. The topological polar surface area (TPSA) is 67.0 Å². The summed E-state index contributed by atoms with van der Waals surface area (Å²) in [7, 11) is 0. The number of hydrogen-bond acceptors (Lipinski definition) is 4. The van der Waals surface area contributed by atoms with Crippen LogP contribution in [0.25, 0.3) is 16.5 Å². The quantitative estimate of drug-likeness (QED) is 0.458. The van der Waals surface area contributed by atoms with Crippen LogP contribution in [0.4, 0.5) is 5.69 Å². The molecule has 0 unspecified atom stereocenters. The number of nitrogens with one attached hydrogen (secondary N) is 2. The third-order valence-corrected chi connectivity index (χ3v) is 4.34. The molecule has 0 saturated carbocycles. The molecular formula is C17H17Cl2N3O2. The molecule has 24 heavy (non-hydrogen) atoms. The summed E-state index contributed by atoms with van der Waals surface area (Å²) in [6.45, 7) is 4.36. The predicted octanol–water partition coefficient (Wildman–Crippen LogP) is 4.93. The van der Waals surface area contributed by atoms with Crippen molar-refractivity contribution in [2.24, 2.45) is 0 Å². The molecule has 7 heteroatoms. The lowest BCUT2D eigenvalue weighted by molar-refractivity contribution is -0.137. The molecule has 0 radical (unpaired) electrons. The molecule has 0 amide bonds. The number of unbranched alkanes of at least 4 members (excludes halogenated alkanes) is 1. The number of halogens is 2. The first-order chi connectivity index (χ1) is 11.5. The van der Waals surface area contributed by atoms with Crippen molar-refractivity contribution in [3.05, 3.63) is 39.7 Å². The van der Waals surface area contributed by atoms with Crippen LogP contribution in [-0.4, -0.2) is 22.8 Å². The van der Waals surface area contributed by atoms with Crippen LogP contribution in [0.2, 0.25) is 10.2 Å². The lowest BCUT2D eigenvalue weighted by atomic mass is 9.97. The molecule has 1 aromatic heterocycles. The third-order valence-electron chi connectivity index (χ3n) is 3.75. The molecule has 0 saturated heterocycles. The average molecular weight is 366 g/mol. The first kappa shape index (κ1) is 16.9. The Morgan fingerprint density at radius 1 is 1.42 bits per heavy atom. The van der Waals surface area contributed by atoms with Gasteiger partial charge in [0.1, 0.15) is 10.7 Å². The first-order valence-electron chi connectivity index (χ1n) is 7.71. The van der Waals surface area contributed by atoms with Gasteiger partial charge >= 0.3 is 5.97 Å². The second-order valence-corrected chi connectivity index (χ2v) is 6.40. The van der Waals surface area contributed by atoms with Gasteiger partial charge in [-0.3, -0.25) is 5.10 Å². The molecule has 0 atom stereocenters. The number of aromatic amines is 1. The fourth-order valence-corrected chi connectivity index (χ4v) is 3.13. The van der Waals surface area contributed by atoms with Crippen molar-refractivity contribution in [3.8, 4) is 0 Å². The van der Waals surface area contributed by atoms with Crippen LogP contribution in [0.15, 0.2) is 23.9 Å². The lowest BCUT2D eigenvalue weighted by Gasteiger charge is -2.21. The van der Waals surface area contributed by atoms with Gasteiger partial charge in [-0.2, -0.15) is 5.10 Å². The van der Waals surface area contributed by atoms with Crippen LogP contribution in [0.5, 0.6) is 0 Å². The summed E-state index contributed by atoms with van der Waals surface area (Å²) in [6.07, 6.45) is 5.13. The maximum atomic E-state index is 12.0. The Morgan fingerprint density at radius 3 is 2.96 bits per heavy atom. The van der Waals surface area contributed by atoms with Gasteiger partial charge < -0.3 is 10.1 Å². The highest BCUT2D eigenvalue weighted by Gasteiger charge is 2.22. The normalized spacial score (nSPS) is 15.2. The molecule has 2 N–H and O–H groups in total. The summed E-state index contributed by atoms with van der Waals surface area (Å²) in [5.74, 6) is -0.383. The van der Waals surface area contributed by atoms with E-state index >= 15 is 0 Å². The number of carbonyl (C=O) groups is 1. The molecular weight excluding hydrogens is 349 g/mol. The summed E-state index contributed by atoms with van der Waals surface area (Å²) in [4.78, 5) is 12.0. The van der Waals surface area contributed by atoms with Gasteiger partial charge in [0, 0.05) is 22.7 Å². The van der Waals surface area contributed by atoms with Gasteiger partial charge in [0.05, 0.1) is 17.3 Å². The number of esters is 1. The maximum Gasteiger partial charge on any atom is 0.331 e. The number of rotatable bonds is 4. The van der Waals surface area contributed by atoms with E-state index in [1.54, 1.807) is 6.07 Å². The molecule has 0 bridgehead atoms. The Morgan fingerprint density at radius 2 is 2.21 bits per heavy atom. The Labute approximate surface area is 149 Å². The number of fused-ring (bicyclic) bond motifs is 3. The van der Waals surface area contributed by atoms with E-state index in [2.05, 4.69) is 15.5 Å². The Hall–Kier alpha value is -1.98. The first-order valence-corrected chi connectivity index (χ1v) is 8.47. The van der Waals surface area contributed by atoms with E-state index in [4.69, 9.17) is 27.9 Å². The third kappa shape index (κ3) is 3.14. The van der Waals surface area contributed by atoms with E-state index in [0.717, 1.165) is 29.6 Å². The van der Waals surface area contributed by atoms with Crippen LogP contribution < -0.4 is 5.32 Å². The van der Waals surface area contributed by atoms with Gasteiger partial charge in [0.15, 0.2) is 0 Å². The number of aromatic nitrogens is 2. The monoisotopic (exact) mass is 365 g/mol. The fraction of sp³-hybridized carbons (Fsp3) is 0.294. The minimum absolute atomic E-state index is 0.383. The lowest BCUT2D eigenvalue weighted by Crippen LogP contribution is -2.09. The van der Waals surface area contributed by atoms with E-state index in [0.29, 0.717) is 33.4 Å². The average Bonchev–Trinajstić information content (AvgIpc) is 2.88. The molecule has 1 aromatic carbocycles. The number of hydrogen-bond donors (Lipinski definition) is 2. The van der Waals surface area contributed by atoms with E-state index in [1.807, 2.05) is 19.9 Å². The molecule has 5 nitrogen and oxygen atoms in total. The highest BCUT2D eigenvalue weighted by molar-refractivity contribution is 6.38. The highest BCUT2D eigenvalue weighted by atomic mass is 35.5. The SMILES string of the molecule is CCCCOC(=O)/C=C1\C=C(C)Nc2c1c(Cl)cc1c(Cl)[nH]nc21. The van der Waals surface area contributed by atoms with Crippen molar-refractivity contribution >= 4 is 51.3 Å². The van der Waals surface area contributed by atoms with E-state index in [9.17, 15) is 4.79 Å². The Kier molecular flexibility index (Phi) is 4.83. The number of benzene rings is 1. The van der Waals surface area contributed by atoms with E-state index < -0.39 is 0 Å². The van der Waals surface area contributed by atoms with E-state index in [1.165, 1.54) is 6.08 Å². The minimum Gasteiger partial charge on any atom is -0.463 e. The van der Waals surface area contributed by atoms with Gasteiger partial charge in [-0.15, -0.1) is 0 Å². The van der Waals surface area contributed by atoms with Crippen molar-refractivity contribution < 1.29 is 9.53 Å². The summed E-state index contributed by atoms with van der Waals surface area (Å²) >= 11 is 12.5. The summed E-state index contributed by atoms with van der Waals surface area (Å²) in [5.41, 5.74) is 3.68. The van der Waals surface area contributed by atoms with Crippen LogP contribution in [0.1, 0.15) is 32.3 Å². The van der Waals surface area contributed by atoms with Crippen LogP contribution in [0, 0.1) is 0 Å². The molecule has 0 fully saturated rings. The smallest absolute Gasteiger partial charge is 0.331 e. The number of nitrogens with zero attached hydrogens (tertiary/aromatic N) is 1. The van der Waals surface area contributed by atoms with Gasteiger partial charge in [-0.05, 0) is 31.1 Å². The van der Waals surface area contributed by atoms with Gasteiger partial charge in [-0.25, -0.2) is 4.79 Å². The predicted molar refractivity (Wildman–Crippen MR) is 97.3 cm³/mol. The Balaban J connectivity index is 2.06. The summed E-state index contributed by atoms with van der Waals surface area (Å²) in [5, 5.41) is 11.9. The molecule has 0 aliphatic carbocycles. The second-order valence-electron chi connectivity index (χ2n) is 5.62. The van der Waals surface area contributed by atoms with Crippen molar-refractivity contribution in [1.82, 2.24) is 10.2 Å². The molecule has 1 aliphatic heterocycles. The van der Waals surface area contributed by atoms with Crippen LogP contribution in [-0.2, 0) is 9.53 Å². The zero-order chi connectivity index (χ0) is 17.3. The van der Waals surface area contributed by atoms with Crippen molar-refractivity contribution in [2.45, 2.75) is 26.7 Å². The number of anilines is 1. The Bertz CT molecular complexity index is 868. The largest absolute Gasteiger partial charge is 0.463 e. The minimum atomic E-state index is -0.383. The number of carbonyl (C=O) groups excluding carboxylic acids is 1. The van der Waals surface area contributed by atoms with Crippen molar-refractivity contribution in [3.63, 3.8) is 0 Å². The number of H-pyrrole nitrogens is 1. The number of allylic oxidation sites excluding steroid dienone is 3. The van der Waals surface area contributed by atoms with Gasteiger partial charge in [-0.1, -0.05) is 36.5 Å². The molecule has 2 aromatic rings. The summed E-state index contributed by atoms with van der Waals surface area (Å²) in [6, 6.07) is 1.74. The number of ether oxygens (including phenoxy) is 1. The van der Waals surface area contributed by atoms with Crippen molar-refractivity contribution in [1.29, 1.82) is 0 Å². The second kappa shape index (κ2) is 6.87.